The number of benzene rings is 1. The van der Waals surface area contributed by atoms with Crippen LogP contribution in [0, 0.1) is 0 Å². The number of rotatable bonds is 5. The van der Waals surface area contributed by atoms with Gasteiger partial charge in [0.1, 0.15) is 11.9 Å². The lowest BCUT2D eigenvalue weighted by Crippen LogP contribution is -2.44. The number of carbonyl (C=O) groups is 1. The Hall–Kier alpha value is -1.55. The number of amides is 1. The summed E-state index contributed by atoms with van der Waals surface area (Å²) in [5.41, 5.74) is 6.50. The van der Waals surface area contributed by atoms with E-state index in [0.29, 0.717) is 13.0 Å². The van der Waals surface area contributed by atoms with Crippen molar-refractivity contribution >= 4 is 5.91 Å². The molecule has 2 atom stereocenters. The summed E-state index contributed by atoms with van der Waals surface area (Å²) in [5, 5.41) is 3.15. The van der Waals surface area contributed by atoms with Crippen molar-refractivity contribution in [3.05, 3.63) is 29.8 Å². The Labute approximate surface area is 101 Å². The highest BCUT2D eigenvalue weighted by molar-refractivity contribution is 5.79. The second-order valence-electron chi connectivity index (χ2n) is 4.32. The maximum Gasteiger partial charge on any atom is 0.234 e. The Balaban J connectivity index is 1.86. The van der Waals surface area contributed by atoms with Crippen LogP contribution in [-0.4, -0.2) is 24.6 Å². The third kappa shape index (κ3) is 2.77. The number of para-hydroxylation sites is 1. The maximum atomic E-state index is 11.1. The second-order valence-corrected chi connectivity index (χ2v) is 4.32. The summed E-state index contributed by atoms with van der Waals surface area (Å²) in [6, 6.07) is 7.76. The Morgan fingerprint density at radius 3 is 3.00 bits per heavy atom. The fourth-order valence-electron chi connectivity index (χ4n) is 2.09. The van der Waals surface area contributed by atoms with Gasteiger partial charge in [-0.2, -0.15) is 0 Å². The fraction of sp³-hybridized carbons (Fsp3) is 0.462. The number of primary amides is 1. The molecule has 1 aliphatic heterocycles. The number of hydrogen-bond donors (Lipinski definition) is 2. The molecule has 2 unspecified atom stereocenters. The lowest BCUT2D eigenvalue weighted by atomic mass is 10.1. The second kappa shape index (κ2) is 5.19. The predicted octanol–water partition coefficient (Wildman–Crippen LogP) is 0.844. The van der Waals surface area contributed by atoms with Crippen LogP contribution >= 0.6 is 0 Å². The van der Waals surface area contributed by atoms with Gasteiger partial charge in [-0.25, -0.2) is 0 Å². The van der Waals surface area contributed by atoms with Gasteiger partial charge in [-0.1, -0.05) is 25.1 Å². The molecule has 0 aromatic heterocycles. The van der Waals surface area contributed by atoms with Crippen LogP contribution in [0.1, 0.15) is 18.9 Å². The topological polar surface area (TPSA) is 64.3 Å². The van der Waals surface area contributed by atoms with Crippen LogP contribution in [0.25, 0.3) is 0 Å². The molecule has 3 N–H and O–H groups in total. The van der Waals surface area contributed by atoms with E-state index in [1.54, 1.807) is 0 Å². The van der Waals surface area contributed by atoms with Crippen molar-refractivity contribution in [2.45, 2.75) is 31.9 Å². The maximum absolute atomic E-state index is 11.1. The van der Waals surface area contributed by atoms with Crippen LogP contribution in [0.3, 0.4) is 0 Å². The molecule has 0 aliphatic carbocycles. The van der Waals surface area contributed by atoms with Gasteiger partial charge < -0.3 is 15.8 Å². The predicted molar refractivity (Wildman–Crippen MR) is 65.8 cm³/mol. The molecule has 1 aromatic rings. The van der Waals surface area contributed by atoms with Crippen molar-refractivity contribution in [1.82, 2.24) is 5.32 Å². The highest BCUT2D eigenvalue weighted by atomic mass is 16.5. The lowest BCUT2D eigenvalue weighted by Gasteiger charge is -2.16. The summed E-state index contributed by atoms with van der Waals surface area (Å²) in [5.74, 6) is 0.648. The first kappa shape index (κ1) is 11.9. The smallest absolute Gasteiger partial charge is 0.234 e. The first-order chi connectivity index (χ1) is 8.20. The Kier molecular flexibility index (Phi) is 3.64. The van der Waals surface area contributed by atoms with Crippen LogP contribution in [0.2, 0.25) is 0 Å². The molecule has 0 saturated heterocycles. The molecular weight excluding hydrogens is 216 g/mol. The lowest BCUT2D eigenvalue weighted by molar-refractivity contribution is -0.120. The molecule has 1 amide bonds. The first-order valence-electron chi connectivity index (χ1n) is 5.98. The third-order valence-corrected chi connectivity index (χ3v) is 3.06. The zero-order chi connectivity index (χ0) is 12.3. The van der Waals surface area contributed by atoms with Gasteiger partial charge in [0.2, 0.25) is 5.91 Å². The van der Waals surface area contributed by atoms with E-state index >= 15 is 0 Å². The molecule has 4 heteroatoms. The standard InChI is InChI=1S/C13H18N2O2/c1-2-11(13(14)16)15-8-10-7-9-5-3-4-6-12(9)17-10/h3-6,10-11,15H,2,7-8H2,1H3,(H2,14,16). The molecule has 0 saturated carbocycles. The zero-order valence-corrected chi connectivity index (χ0v) is 9.98. The minimum atomic E-state index is -0.303. The molecule has 4 nitrogen and oxygen atoms in total. The summed E-state index contributed by atoms with van der Waals surface area (Å²) in [6.07, 6.45) is 1.69. The van der Waals surface area contributed by atoms with Gasteiger partial charge >= 0.3 is 0 Å². The van der Waals surface area contributed by atoms with E-state index in [0.717, 1.165) is 12.2 Å². The van der Waals surface area contributed by atoms with Gasteiger partial charge in [0.25, 0.3) is 0 Å². The van der Waals surface area contributed by atoms with E-state index < -0.39 is 0 Å². The summed E-state index contributed by atoms with van der Waals surface area (Å²) < 4.78 is 5.77. The molecule has 92 valence electrons. The van der Waals surface area contributed by atoms with Crippen LogP contribution in [0.5, 0.6) is 5.75 Å². The summed E-state index contributed by atoms with van der Waals surface area (Å²) >= 11 is 0. The molecule has 1 aromatic carbocycles. The van der Waals surface area contributed by atoms with Crippen LogP contribution in [0.4, 0.5) is 0 Å². The summed E-state index contributed by atoms with van der Waals surface area (Å²) in [4.78, 5) is 11.1. The quantitative estimate of drug-likeness (QED) is 0.793. The Bertz CT molecular complexity index is 381. The number of nitrogens with one attached hydrogen (secondary N) is 1. The van der Waals surface area contributed by atoms with Gasteiger partial charge in [-0.3, -0.25) is 4.79 Å². The van der Waals surface area contributed by atoms with Gasteiger partial charge in [0, 0.05) is 13.0 Å². The van der Waals surface area contributed by atoms with E-state index in [2.05, 4.69) is 11.4 Å². The van der Waals surface area contributed by atoms with E-state index in [4.69, 9.17) is 10.5 Å². The van der Waals surface area contributed by atoms with Crippen LogP contribution < -0.4 is 15.8 Å². The van der Waals surface area contributed by atoms with Crippen LogP contribution in [0.15, 0.2) is 24.3 Å². The van der Waals surface area contributed by atoms with Crippen molar-refractivity contribution < 1.29 is 9.53 Å². The molecular formula is C13H18N2O2. The van der Waals surface area contributed by atoms with E-state index in [1.807, 2.05) is 25.1 Å². The molecule has 17 heavy (non-hydrogen) atoms. The van der Waals surface area contributed by atoms with Crippen molar-refractivity contribution in [3.63, 3.8) is 0 Å². The van der Waals surface area contributed by atoms with Crippen molar-refractivity contribution in [2.24, 2.45) is 5.73 Å². The average Bonchev–Trinajstić information content (AvgIpc) is 2.71. The van der Waals surface area contributed by atoms with Gasteiger partial charge in [0.05, 0.1) is 6.04 Å². The number of carbonyl (C=O) groups excluding carboxylic acids is 1. The van der Waals surface area contributed by atoms with Crippen molar-refractivity contribution in [3.8, 4) is 5.75 Å². The van der Waals surface area contributed by atoms with Crippen molar-refractivity contribution in [2.75, 3.05) is 6.54 Å². The number of nitrogens with two attached hydrogens (primary N) is 1. The normalized spacial score (nSPS) is 19.5. The Morgan fingerprint density at radius 1 is 1.59 bits per heavy atom. The highest BCUT2D eigenvalue weighted by Gasteiger charge is 2.23. The molecule has 0 spiro atoms. The Morgan fingerprint density at radius 2 is 2.35 bits per heavy atom. The molecule has 2 rings (SSSR count). The molecule has 0 radical (unpaired) electrons. The average molecular weight is 234 g/mol. The van der Waals surface area contributed by atoms with Gasteiger partial charge in [-0.15, -0.1) is 0 Å². The monoisotopic (exact) mass is 234 g/mol. The first-order valence-corrected chi connectivity index (χ1v) is 5.98. The highest BCUT2D eigenvalue weighted by Crippen LogP contribution is 2.27. The van der Waals surface area contributed by atoms with Crippen LogP contribution in [-0.2, 0) is 11.2 Å². The van der Waals surface area contributed by atoms with E-state index in [1.165, 1.54) is 5.56 Å². The minimum Gasteiger partial charge on any atom is -0.488 e. The number of hydrogen-bond acceptors (Lipinski definition) is 3. The third-order valence-electron chi connectivity index (χ3n) is 3.06. The summed E-state index contributed by atoms with van der Waals surface area (Å²) in [7, 11) is 0. The van der Waals surface area contributed by atoms with Gasteiger partial charge in [0.15, 0.2) is 0 Å². The number of ether oxygens (including phenoxy) is 1. The molecule has 1 aliphatic rings. The largest absolute Gasteiger partial charge is 0.488 e. The van der Waals surface area contributed by atoms with Crippen molar-refractivity contribution in [1.29, 1.82) is 0 Å². The fourth-order valence-corrected chi connectivity index (χ4v) is 2.09. The van der Waals surface area contributed by atoms with Gasteiger partial charge in [-0.05, 0) is 18.1 Å². The molecule has 0 bridgehead atoms. The van der Waals surface area contributed by atoms with E-state index in [-0.39, 0.29) is 18.1 Å². The minimum absolute atomic E-state index is 0.0980. The number of fused-ring (bicyclic) bond motifs is 1. The molecule has 1 heterocycles. The summed E-state index contributed by atoms with van der Waals surface area (Å²) in [6.45, 7) is 2.59. The zero-order valence-electron chi connectivity index (χ0n) is 9.98. The van der Waals surface area contributed by atoms with E-state index in [9.17, 15) is 4.79 Å². The molecule has 0 fully saturated rings. The SMILES string of the molecule is CCC(NCC1Cc2ccccc2O1)C(N)=O.